The zero-order valence-corrected chi connectivity index (χ0v) is 16.4. The van der Waals surface area contributed by atoms with E-state index in [1.54, 1.807) is 0 Å². The number of anilines is 3. The van der Waals surface area contributed by atoms with Crippen LogP contribution in [0.15, 0.2) is 30.3 Å². The Bertz CT molecular complexity index is 896. The number of carbonyl (C=O) groups is 2. The maximum absolute atomic E-state index is 12.8. The summed E-state index contributed by atoms with van der Waals surface area (Å²) in [5.41, 5.74) is 7.89. The highest BCUT2D eigenvalue weighted by Gasteiger charge is 2.35. The summed E-state index contributed by atoms with van der Waals surface area (Å²) < 4.78 is 0. The number of fused-ring (bicyclic) bond motifs is 1. The smallest absolute Gasteiger partial charge is 0.229 e. The molecule has 1 atom stereocenters. The van der Waals surface area contributed by atoms with Gasteiger partial charge in [0.15, 0.2) is 0 Å². The highest BCUT2D eigenvalue weighted by atomic mass is 16.2. The van der Waals surface area contributed by atoms with E-state index >= 15 is 0 Å². The summed E-state index contributed by atoms with van der Waals surface area (Å²) in [6.07, 6.45) is 4.12. The summed E-state index contributed by atoms with van der Waals surface area (Å²) in [4.78, 5) is 36.1. The fraction of sp³-hybridized carbons (Fsp3) is 0.429. The zero-order valence-electron chi connectivity index (χ0n) is 16.4. The van der Waals surface area contributed by atoms with Gasteiger partial charge >= 0.3 is 0 Å². The Morgan fingerprint density at radius 3 is 2.69 bits per heavy atom. The van der Waals surface area contributed by atoms with Crippen LogP contribution in [0.4, 0.5) is 17.6 Å². The average Bonchev–Trinajstić information content (AvgIpc) is 2.74. The molecule has 0 bridgehead atoms. The van der Waals surface area contributed by atoms with Crippen molar-refractivity contribution < 1.29 is 9.59 Å². The molecule has 1 aromatic heterocycles. The van der Waals surface area contributed by atoms with Crippen LogP contribution in [0.5, 0.6) is 0 Å². The summed E-state index contributed by atoms with van der Waals surface area (Å²) in [6.45, 7) is 2.23. The maximum Gasteiger partial charge on any atom is 0.229 e. The van der Waals surface area contributed by atoms with Crippen LogP contribution < -0.4 is 21.3 Å². The summed E-state index contributed by atoms with van der Waals surface area (Å²) in [7, 11) is 0. The maximum atomic E-state index is 12.8. The molecule has 3 heterocycles. The quantitative estimate of drug-likeness (QED) is 0.713. The zero-order chi connectivity index (χ0) is 20.2. The number of rotatable bonds is 5. The third-order valence-corrected chi connectivity index (χ3v) is 5.47. The number of hydrogen-bond acceptors (Lipinski definition) is 6. The van der Waals surface area contributed by atoms with E-state index in [1.165, 1.54) is 6.42 Å². The van der Waals surface area contributed by atoms with E-state index in [4.69, 9.17) is 5.73 Å². The van der Waals surface area contributed by atoms with Crippen LogP contribution in [0, 0.1) is 0 Å². The molecule has 152 valence electrons. The monoisotopic (exact) mass is 394 g/mol. The SMILES string of the molecule is Nc1nc(N2CCCCC2)nc2c1[C@H](C(=O)NCCc1ccccc1)CC(=O)N2. The second-order valence-electron chi connectivity index (χ2n) is 7.55. The van der Waals surface area contributed by atoms with Gasteiger partial charge in [0.25, 0.3) is 0 Å². The van der Waals surface area contributed by atoms with Crippen LogP contribution in [0.1, 0.15) is 42.7 Å². The summed E-state index contributed by atoms with van der Waals surface area (Å²) in [5.74, 6) is 0.00841. The number of carbonyl (C=O) groups excluding carboxylic acids is 2. The molecule has 2 amide bonds. The average molecular weight is 394 g/mol. The van der Waals surface area contributed by atoms with E-state index in [0.717, 1.165) is 37.9 Å². The van der Waals surface area contributed by atoms with Gasteiger partial charge < -0.3 is 21.3 Å². The lowest BCUT2D eigenvalue weighted by atomic mass is 9.92. The molecule has 8 heteroatoms. The molecular formula is C21H26N6O2. The van der Waals surface area contributed by atoms with E-state index in [1.807, 2.05) is 30.3 Å². The Kier molecular flexibility index (Phi) is 5.59. The van der Waals surface area contributed by atoms with Gasteiger partial charge in [-0.2, -0.15) is 9.97 Å². The molecule has 4 rings (SSSR count). The van der Waals surface area contributed by atoms with Crippen molar-refractivity contribution in [2.75, 3.05) is 35.6 Å². The molecule has 8 nitrogen and oxygen atoms in total. The van der Waals surface area contributed by atoms with Gasteiger partial charge in [0.2, 0.25) is 17.8 Å². The Labute approximate surface area is 169 Å². The lowest BCUT2D eigenvalue weighted by Gasteiger charge is -2.30. The number of aromatic nitrogens is 2. The van der Waals surface area contributed by atoms with Gasteiger partial charge in [0.05, 0.1) is 11.5 Å². The Balaban J connectivity index is 1.50. The van der Waals surface area contributed by atoms with Gasteiger partial charge in [-0.1, -0.05) is 30.3 Å². The number of hydrogen-bond donors (Lipinski definition) is 3. The Morgan fingerprint density at radius 2 is 1.93 bits per heavy atom. The third kappa shape index (κ3) is 4.31. The molecule has 0 saturated carbocycles. The minimum Gasteiger partial charge on any atom is -0.383 e. The number of nitrogens with zero attached hydrogens (tertiary/aromatic N) is 3. The van der Waals surface area contributed by atoms with Crippen molar-refractivity contribution in [2.24, 2.45) is 0 Å². The molecular weight excluding hydrogens is 368 g/mol. The second-order valence-corrected chi connectivity index (χ2v) is 7.55. The van der Waals surface area contributed by atoms with Crippen LogP contribution in [0.25, 0.3) is 0 Å². The molecule has 1 saturated heterocycles. The largest absolute Gasteiger partial charge is 0.383 e. The molecule has 4 N–H and O–H groups in total. The predicted octanol–water partition coefficient (Wildman–Crippen LogP) is 1.83. The van der Waals surface area contributed by atoms with Crippen LogP contribution in [0.2, 0.25) is 0 Å². The first-order valence-electron chi connectivity index (χ1n) is 10.2. The summed E-state index contributed by atoms with van der Waals surface area (Å²) in [6, 6.07) is 9.93. The minimum atomic E-state index is -0.676. The lowest BCUT2D eigenvalue weighted by Crippen LogP contribution is -2.38. The van der Waals surface area contributed by atoms with E-state index in [9.17, 15) is 9.59 Å². The third-order valence-electron chi connectivity index (χ3n) is 5.47. The van der Waals surface area contributed by atoms with Gasteiger partial charge in [0, 0.05) is 26.1 Å². The summed E-state index contributed by atoms with van der Waals surface area (Å²) in [5, 5.41) is 5.70. The van der Waals surface area contributed by atoms with E-state index < -0.39 is 5.92 Å². The molecule has 0 radical (unpaired) electrons. The van der Waals surface area contributed by atoms with Gasteiger partial charge in [0.1, 0.15) is 11.6 Å². The number of piperidine rings is 1. The normalized spacial score (nSPS) is 18.7. The van der Waals surface area contributed by atoms with Crippen molar-refractivity contribution in [3.63, 3.8) is 0 Å². The fourth-order valence-electron chi connectivity index (χ4n) is 3.94. The van der Waals surface area contributed by atoms with Crippen molar-refractivity contribution in [1.29, 1.82) is 0 Å². The minimum absolute atomic E-state index is 0.0425. The Morgan fingerprint density at radius 1 is 1.17 bits per heavy atom. The number of nitrogens with one attached hydrogen (secondary N) is 2. The van der Waals surface area contributed by atoms with Crippen LogP contribution in [-0.2, 0) is 16.0 Å². The van der Waals surface area contributed by atoms with E-state index in [-0.39, 0.29) is 24.1 Å². The fourth-order valence-corrected chi connectivity index (χ4v) is 3.94. The predicted molar refractivity (Wildman–Crippen MR) is 112 cm³/mol. The first-order valence-corrected chi connectivity index (χ1v) is 10.2. The van der Waals surface area contributed by atoms with Gasteiger partial charge in [-0.05, 0) is 31.2 Å². The number of amides is 2. The highest BCUT2D eigenvalue weighted by Crippen LogP contribution is 2.36. The molecule has 0 aliphatic carbocycles. The van der Waals surface area contributed by atoms with Crippen LogP contribution in [0.3, 0.4) is 0 Å². The number of nitrogen functional groups attached to an aromatic ring is 1. The molecule has 29 heavy (non-hydrogen) atoms. The van der Waals surface area contributed by atoms with Crippen LogP contribution >= 0.6 is 0 Å². The van der Waals surface area contributed by atoms with E-state index in [2.05, 4.69) is 25.5 Å². The van der Waals surface area contributed by atoms with Gasteiger partial charge in [-0.25, -0.2) is 0 Å². The van der Waals surface area contributed by atoms with Gasteiger partial charge in [-0.15, -0.1) is 0 Å². The van der Waals surface area contributed by atoms with Crippen molar-refractivity contribution in [1.82, 2.24) is 15.3 Å². The lowest BCUT2D eigenvalue weighted by molar-refractivity contribution is -0.126. The van der Waals surface area contributed by atoms with E-state index in [0.29, 0.717) is 23.9 Å². The van der Waals surface area contributed by atoms with Crippen LogP contribution in [-0.4, -0.2) is 41.4 Å². The molecule has 0 spiro atoms. The van der Waals surface area contributed by atoms with Crippen molar-refractivity contribution in [3.8, 4) is 0 Å². The first-order chi connectivity index (χ1) is 14.1. The second kappa shape index (κ2) is 8.46. The molecule has 2 aromatic rings. The number of nitrogens with two attached hydrogens (primary N) is 1. The molecule has 1 aromatic carbocycles. The standard InChI is InChI=1S/C21H26N6O2/c22-18-17-15(20(29)23-10-9-14-7-3-1-4-8-14)13-16(28)24-19(17)26-21(25-18)27-11-5-2-6-12-27/h1,3-4,7-8,15H,2,5-6,9-13H2,(H,23,29)(H3,22,24,25,26,28)/t15-/m1/s1. The molecule has 1 fully saturated rings. The molecule has 2 aliphatic heterocycles. The van der Waals surface area contributed by atoms with Crippen molar-refractivity contribution >= 4 is 29.4 Å². The molecule has 2 aliphatic rings. The number of benzene rings is 1. The first kappa shape index (κ1) is 19.2. The van der Waals surface area contributed by atoms with Gasteiger partial charge in [-0.3, -0.25) is 9.59 Å². The summed E-state index contributed by atoms with van der Waals surface area (Å²) >= 11 is 0. The highest BCUT2D eigenvalue weighted by molar-refractivity contribution is 6.01. The van der Waals surface area contributed by atoms with Crippen molar-refractivity contribution in [3.05, 3.63) is 41.5 Å². The topological polar surface area (TPSA) is 113 Å². The molecule has 0 unspecified atom stereocenters. The Hall–Kier alpha value is -3.16. The van der Waals surface area contributed by atoms with Crippen molar-refractivity contribution in [2.45, 2.75) is 38.0 Å².